The number of hydrogen-bond acceptors (Lipinski definition) is 4. The summed E-state index contributed by atoms with van der Waals surface area (Å²) in [7, 11) is 1.55. The van der Waals surface area contributed by atoms with Gasteiger partial charge >= 0.3 is 0 Å². The van der Waals surface area contributed by atoms with Crippen LogP contribution in [0.2, 0.25) is 0 Å². The van der Waals surface area contributed by atoms with Gasteiger partial charge < -0.3 is 19.7 Å². The Bertz CT molecular complexity index is 597. The lowest BCUT2D eigenvalue weighted by Gasteiger charge is -2.31. The van der Waals surface area contributed by atoms with E-state index in [1.54, 1.807) is 19.2 Å². The molecule has 1 atom stereocenters. The van der Waals surface area contributed by atoms with E-state index in [0.717, 1.165) is 32.4 Å². The number of carbonyl (C=O) groups excluding carboxylic acids is 2. The molecule has 6 nitrogen and oxygen atoms in total. The summed E-state index contributed by atoms with van der Waals surface area (Å²) in [4.78, 5) is 27.0. The van der Waals surface area contributed by atoms with Gasteiger partial charge in [-0.15, -0.1) is 0 Å². The number of amides is 2. The van der Waals surface area contributed by atoms with Crippen molar-refractivity contribution < 1.29 is 19.1 Å². The lowest BCUT2D eigenvalue weighted by atomic mass is 10.0. The average Bonchev–Trinajstić information content (AvgIpc) is 2.65. The Balaban J connectivity index is 1.93. The highest BCUT2D eigenvalue weighted by molar-refractivity contribution is 5.88. The minimum atomic E-state index is -0.498. The van der Waals surface area contributed by atoms with Gasteiger partial charge in [0.1, 0.15) is 6.04 Å². The smallest absolute Gasteiger partial charge is 0.258 e. The van der Waals surface area contributed by atoms with Gasteiger partial charge in [-0.25, -0.2) is 0 Å². The summed E-state index contributed by atoms with van der Waals surface area (Å²) < 4.78 is 10.8. The van der Waals surface area contributed by atoms with Gasteiger partial charge in [-0.2, -0.15) is 0 Å². The minimum absolute atomic E-state index is 0.0176. The first-order chi connectivity index (χ1) is 12.5. The number of piperidine rings is 1. The number of rotatable bonds is 8. The molecule has 144 valence electrons. The van der Waals surface area contributed by atoms with Crippen LogP contribution in [0.5, 0.6) is 11.5 Å². The number of ether oxygens (including phenoxy) is 2. The molecule has 1 aliphatic rings. The fourth-order valence-corrected chi connectivity index (χ4v) is 3.14. The zero-order valence-electron chi connectivity index (χ0n) is 16.0. The van der Waals surface area contributed by atoms with Crippen LogP contribution in [0.3, 0.4) is 0 Å². The maximum absolute atomic E-state index is 12.8. The van der Waals surface area contributed by atoms with Gasteiger partial charge in [-0.05, 0) is 43.7 Å². The maximum atomic E-state index is 12.8. The Morgan fingerprint density at radius 3 is 2.38 bits per heavy atom. The number of hydrogen-bond donors (Lipinski definition) is 1. The Hall–Kier alpha value is -2.24. The molecule has 1 heterocycles. The van der Waals surface area contributed by atoms with Crippen LogP contribution in [-0.2, 0) is 9.59 Å². The Morgan fingerprint density at radius 2 is 1.77 bits per heavy atom. The van der Waals surface area contributed by atoms with Crippen LogP contribution in [-0.4, -0.2) is 49.6 Å². The predicted octanol–water partition coefficient (Wildman–Crippen LogP) is 2.62. The van der Waals surface area contributed by atoms with Crippen molar-refractivity contribution >= 4 is 11.8 Å². The molecule has 0 bridgehead atoms. The molecule has 2 rings (SSSR count). The summed E-state index contributed by atoms with van der Waals surface area (Å²) in [5.74, 6) is 1.11. The maximum Gasteiger partial charge on any atom is 0.258 e. The van der Waals surface area contributed by atoms with E-state index in [0.29, 0.717) is 23.8 Å². The van der Waals surface area contributed by atoms with Gasteiger partial charge in [0.25, 0.3) is 5.91 Å². The lowest BCUT2D eigenvalue weighted by Crippen LogP contribution is -2.51. The van der Waals surface area contributed by atoms with Crippen molar-refractivity contribution in [3.8, 4) is 11.5 Å². The highest BCUT2D eigenvalue weighted by atomic mass is 16.5. The van der Waals surface area contributed by atoms with Crippen molar-refractivity contribution in [1.82, 2.24) is 10.2 Å². The largest absolute Gasteiger partial charge is 0.493 e. The fourth-order valence-electron chi connectivity index (χ4n) is 3.14. The molecule has 0 unspecified atom stereocenters. The molecule has 0 saturated carbocycles. The van der Waals surface area contributed by atoms with E-state index in [1.807, 2.05) is 30.9 Å². The van der Waals surface area contributed by atoms with Crippen molar-refractivity contribution in [1.29, 1.82) is 0 Å². The molecule has 1 fully saturated rings. The van der Waals surface area contributed by atoms with Crippen LogP contribution < -0.4 is 14.8 Å². The fraction of sp³-hybridized carbons (Fsp3) is 0.600. The molecule has 1 aliphatic heterocycles. The summed E-state index contributed by atoms with van der Waals surface area (Å²) in [6, 6.07) is 6.67. The summed E-state index contributed by atoms with van der Waals surface area (Å²) in [5.41, 5.74) is 0. The zero-order valence-corrected chi connectivity index (χ0v) is 16.0. The third-order valence-corrected chi connectivity index (χ3v) is 4.44. The van der Waals surface area contributed by atoms with E-state index >= 15 is 0 Å². The second kappa shape index (κ2) is 10.0. The average molecular weight is 362 g/mol. The first-order valence-electron chi connectivity index (χ1n) is 9.35. The van der Waals surface area contributed by atoms with Crippen molar-refractivity contribution in [2.24, 2.45) is 5.92 Å². The molecule has 6 heteroatoms. The molecule has 1 aromatic rings. The van der Waals surface area contributed by atoms with E-state index in [-0.39, 0.29) is 18.4 Å². The van der Waals surface area contributed by atoms with Gasteiger partial charge in [-0.1, -0.05) is 26.0 Å². The molecule has 0 spiro atoms. The number of nitrogens with zero attached hydrogens (tertiary/aromatic N) is 1. The topological polar surface area (TPSA) is 67.9 Å². The molecule has 0 aliphatic carbocycles. The summed E-state index contributed by atoms with van der Waals surface area (Å²) in [5, 5.41) is 2.86. The quantitative estimate of drug-likeness (QED) is 0.772. The normalized spacial score (nSPS) is 15.5. The highest BCUT2D eigenvalue weighted by Crippen LogP contribution is 2.25. The molecule has 26 heavy (non-hydrogen) atoms. The first kappa shape index (κ1) is 20.1. The number of para-hydroxylation sites is 2. The SMILES string of the molecule is COc1ccccc1OCC(=O)N[C@@H](CC(C)C)C(=O)N1CCCCC1. The van der Waals surface area contributed by atoms with Crippen molar-refractivity contribution in [3.05, 3.63) is 24.3 Å². The van der Waals surface area contributed by atoms with Crippen LogP contribution in [0.25, 0.3) is 0 Å². The van der Waals surface area contributed by atoms with Gasteiger partial charge in [0, 0.05) is 13.1 Å². The molecular weight excluding hydrogens is 332 g/mol. The Morgan fingerprint density at radius 1 is 1.12 bits per heavy atom. The number of methoxy groups -OCH3 is 1. The summed E-state index contributed by atoms with van der Waals surface area (Å²) >= 11 is 0. The second-order valence-corrected chi connectivity index (χ2v) is 7.08. The van der Waals surface area contributed by atoms with E-state index in [9.17, 15) is 9.59 Å². The predicted molar refractivity (Wildman–Crippen MR) is 100 cm³/mol. The van der Waals surface area contributed by atoms with Crippen molar-refractivity contribution in [3.63, 3.8) is 0 Å². The van der Waals surface area contributed by atoms with E-state index in [2.05, 4.69) is 5.32 Å². The van der Waals surface area contributed by atoms with Gasteiger partial charge in [0.05, 0.1) is 7.11 Å². The van der Waals surface area contributed by atoms with E-state index < -0.39 is 6.04 Å². The monoisotopic (exact) mass is 362 g/mol. The highest BCUT2D eigenvalue weighted by Gasteiger charge is 2.27. The lowest BCUT2D eigenvalue weighted by molar-refractivity contribution is -0.138. The van der Waals surface area contributed by atoms with Crippen LogP contribution in [0, 0.1) is 5.92 Å². The van der Waals surface area contributed by atoms with Crippen LogP contribution in [0.4, 0.5) is 0 Å². The number of benzene rings is 1. The summed E-state index contributed by atoms with van der Waals surface area (Å²) in [6.45, 7) is 5.51. The number of likely N-dealkylation sites (tertiary alicyclic amines) is 1. The standard InChI is InChI=1S/C20H30N2O4/c1-15(2)13-16(20(24)22-11-7-4-8-12-22)21-19(23)14-26-18-10-6-5-9-17(18)25-3/h5-6,9-10,15-16H,4,7-8,11-14H2,1-3H3,(H,21,23)/t16-/m0/s1. The van der Waals surface area contributed by atoms with Crippen LogP contribution in [0.1, 0.15) is 39.5 Å². The minimum Gasteiger partial charge on any atom is -0.493 e. The molecule has 1 N–H and O–H groups in total. The number of carbonyl (C=O) groups is 2. The van der Waals surface area contributed by atoms with E-state index in [1.165, 1.54) is 0 Å². The van der Waals surface area contributed by atoms with Crippen molar-refractivity contribution in [2.75, 3.05) is 26.8 Å². The number of nitrogens with one attached hydrogen (secondary N) is 1. The van der Waals surface area contributed by atoms with E-state index in [4.69, 9.17) is 9.47 Å². The van der Waals surface area contributed by atoms with Gasteiger partial charge in [0.2, 0.25) is 5.91 Å². The van der Waals surface area contributed by atoms with Crippen LogP contribution in [0.15, 0.2) is 24.3 Å². The molecule has 2 amide bonds. The van der Waals surface area contributed by atoms with Gasteiger partial charge in [0.15, 0.2) is 18.1 Å². The Kier molecular flexibility index (Phi) is 7.75. The third-order valence-electron chi connectivity index (χ3n) is 4.44. The van der Waals surface area contributed by atoms with Crippen LogP contribution >= 0.6 is 0 Å². The summed E-state index contributed by atoms with van der Waals surface area (Å²) in [6.07, 6.45) is 3.85. The third kappa shape index (κ3) is 5.93. The first-order valence-corrected chi connectivity index (χ1v) is 9.35. The van der Waals surface area contributed by atoms with Crippen molar-refractivity contribution in [2.45, 2.75) is 45.6 Å². The second-order valence-electron chi connectivity index (χ2n) is 7.08. The zero-order chi connectivity index (χ0) is 18.9. The van der Waals surface area contributed by atoms with Gasteiger partial charge in [-0.3, -0.25) is 9.59 Å². The molecular formula is C20H30N2O4. The molecule has 0 aromatic heterocycles. The molecule has 0 radical (unpaired) electrons. The molecule has 1 saturated heterocycles. The Labute approximate surface area is 155 Å². The molecule has 1 aromatic carbocycles.